The van der Waals surface area contributed by atoms with E-state index in [4.69, 9.17) is 21.1 Å². The molecule has 2 N–H and O–H groups in total. The van der Waals surface area contributed by atoms with E-state index in [-0.39, 0.29) is 0 Å². The second-order valence-corrected chi connectivity index (χ2v) is 6.43. The number of nitrogens with one attached hydrogen (secondary N) is 2. The zero-order chi connectivity index (χ0) is 20.3. The maximum absolute atomic E-state index is 12.2. The molecule has 2 rings (SSSR count). The van der Waals surface area contributed by atoms with Crippen molar-refractivity contribution in [2.45, 2.75) is 41.5 Å². The average molecular weight is 393 g/mol. The van der Waals surface area contributed by atoms with Crippen molar-refractivity contribution in [1.82, 2.24) is 9.97 Å². The van der Waals surface area contributed by atoms with Gasteiger partial charge in [-0.15, -0.1) is 0 Å². The van der Waals surface area contributed by atoms with Gasteiger partial charge in [0, 0.05) is 11.1 Å². The van der Waals surface area contributed by atoms with Crippen molar-refractivity contribution in [3.05, 3.63) is 50.6 Å². The highest BCUT2D eigenvalue weighted by atomic mass is 35.5. The molecule has 2 heterocycles. The average Bonchev–Trinajstić information content (AvgIpc) is 3.09. The highest BCUT2D eigenvalue weighted by Gasteiger charge is 2.24. The first-order valence-corrected chi connectivity index (χ1v) is 9.25. The van der Waals surface area contributed by atoms with E-state index in [2.05, 4.69) is 9.97 Å². The molecule has 0 atom stereocenters. The topological polar surface area (TPSA) is 84.2 Å². The van der Waals surface area contributed by atoms with Crippen LogP contribution in [0.5, 0.6) is 0 Å². The minimum Gasteiger partial charge on any atom is -0.461 e. The van der Waals surface area contributed by atoms with Crippen LogP contribution in [0.1, 0.15) is 68.5 Å². The van der Waals surface area contributed by atoms with Gasteiger partial charge in [-0.05, 0) is 63.8 Å². The number of esters is 2. The van der Waals surface area contributed by atoms with E-state index in [9.17, 15) is 9.59 Å². The number of aromatic amines is 2. The van der Waals surface area contributed by atoms with Gasteiger partial charge < -0.3 is 19.4 Å². The minimum absolute atomic E-state index is 0.293. The van der Waals surface area contributed by atoms with E-state index < -0.39 is 11.9 Å². The maximum atomic E-state index is 12.2. The molecule has 0 radical (unpaired) electrons. The Morgan fingerprint density at radius 3 is 1.41 bits per heavy atom. The second kappa shape index (κ2) is 8.48. The third-order valence-electron chi connectivity index (χ3n) is 4.73. The Bertz CT molecular complexity index is 835. The van der Waals surface area contributed by atoms with Crippen LogP contribution in [0.4, 0.5) is 0 Å². The number of ether oxygens (including phenoxy) is 2. The molecule has 7 heteroatoms. The predicted octanol–water partition coefficient (Wildman–Crippen LogP) is 4.56. The number of carbonyl (C=O) groups is 2. The fourth-order valence-electron chi connectivity index (χ4n) is 2.96. The molecule has 0 spiro atoms. The minimum atomic E-state index is -0.412. The number of hydrogen-bond donors (Lipinski definition) is 2. The van der Waals surface area contributed by atoms with Gasteiger partial charge in [0.15, 0.2) is 0 Å². The van der Waals surface area contributed by atoms with Crippen molar-refractivity contribution in [3.63, 3.8) is 0 Å². The molecular formula is C20H25ClN2O4. The molecule has 0 fully saturated rings. The van der Waals surface area contributed by atoms with Gasteiger partial charge in [-0.3, -0.25) is 0 Å². The molecule has 0 saturated heterocycles. The molecule has 0 unspecified atom stereocenters. The third kappa shape index (κ3) is 3.81. The number of hydrogen-bond acceptors (Lipinski definition) is 4. The predicted molar refractivity (Wildman–Crippen MR) is 105 cm³/mol. The summed E-state index contributed by atoms with van der Waals surface area (Å²) in [5.74, 6) is -0.824. The van der Waals surface area contributed by atoms with E-state index in [1.807, 2.05) is 27.7 Å². The van der Waals surface area contributed by atoms with Crippen molar-refractivity contribution in [1.29, 1.82) is 0 Å². The van der Waals surface area contributed by atoms with Crippen LogP contribution in [0.3, 0.4) is 0 Å². The first-order chi connectivity index (χ1) is 12.8. The molecule has 6 nitrogen and oxygen atoms in total. The number of aromatic nitrogens is 2. The van der Waals surface area contributed by atoms with Gasteiger partial charge in [-0.1, -0.05) is 11.6 Å². The molecule has 0 saturated carbocycles. The summed E-state index contributed by atoms with van der Waals surface area (Å²) in [5.41, 5.74) is 7.64. The van der Waals surface area contributed by atoms with Crippen LogP contribution in [0.2, 0.25) is 0 Å². The lowest BCUT2D eigenvalue weighted by Gasteiger charge is -2.07. The molecule has 0 aliphatic carbocycles. The Balaban J connectivity index is 2.56. The Labute approximate surface area is 163 Å². The van der Waals surface area contributed by atoms with Crippen LogP contribution in [0.25, 0.3) is 5.57 Å². The van der Waals surface area contributed by atoms with Crippen molar-refractivity contribution in [2.24, 2.45) is 0 Å². The Morgan fingerprint density at radius 2 is 1.11 bits per heavy atom. The van der Waals surface area contributed by atoms with Crippen molar-refractivity contribution in [3.8, 4) is 0 Å². The SMILES string of the molecule is CCOC(=O)c1[nH]c(C(=CCl)c2[nH]c(C(=O)OCC)c(C)c2C)c(C)c1C. The van der Waals surface area contributed by atoms with Gasteiger partial charge in [-0.2, -0.15) is 0 Å². The number of carbonyl (C=O) groups excluding carboxylic acids is 2. The zero-order valence-electron chi connectivity index (χ0n) is 16.5. The van der Waals surface area contributed by atoms with Crippen LogP contribution in [0, 0.1) is 27.7 Å². The smallest absolute Gasteiger partial charge is 0.355 e. The Kier molecular flexibility index (Phi) is 6.54. The highest BCUT2D eigenvalue weighted by Crippen LogP contribution is 2.33. The normalized spacial score (nSPS) is 10.6. The van der Waals surface area contributed by atoms with Gasteiger partial charge in [0.2, 0.25) is 0 Å². The molecule has 0 aliphatic rings. The summed E-state index contributed by atoms with van der Waals surface area (Å²) in [4.78, 5) is 30.6. The zero-order valence-corrected chi connectivity index (χ0v) is 17.3. The molecule has 2 aromatic heterocycles. The lowest BCUT2D eigenvalue weighted by Crippen LogP contribution is -2.07. The summed E-state index contributed by atoms with van der Waals surface area (Å²) in [6, 6.07) is 0. The number of H-pyrrole nitrogens is 2. The Morgan fingerprint density at radius 1 is 0.778 bits per heavy atom. The van der Waals surface area contributed by atoms with E-state index >= 15 is 0 Å². The molecule has 146 valence electrons. The van der Waals surface area contributed by atoms with E-state index in [1.54, 1.807) is 13.8 Å². The monoisotopic (exact) mass is 392 g/mol. The fraction of sp³-hybridized carbons (Fsp3) is 0.400. The van der Waals surface area contributed by atoms with Gasteiger partial charge in [0.25, 0.3) is 0 Å². The molecule has 2 aromatic rings. The summed E-state index contributed by atoms with van der Waals surface area (Å²) in [6.45, 7) is 11.6. The third-order valence-corrected chi connectivity index (χ3v) is 4.95. The second-order valence-electron chi connectivity index (χ2n) is 6.21. The Hall–Kier alpha value is -2.47. The summed E-state index contributed by atoms with van der Waals surface area (Å²) in [7, 11) is 0. The first kappa shape index (κ1) is 20.8. The fourth-order valence-corrected chi connectivity index (χ4v) is 3.18. The molecule has 0 aromatic carbocycles. The maximum Gasteiger partial charge on any atom is 0.355 e. The highest BCUT2D eigenvalue weighted by molar-refractivity contribution is 6.29. The quantitative estimate of drug-likeness (QED) is 0.706. The molecule has 27 heavy (non-hydrogen) atoms. The summed E-state index contributed by atoms with van der Waals surface area (Å²) < 4.78 is 10.2. The lowest BCUT2D eigenvalue weighted by atomic mass is 10.0. The first-order valence-electron chi connectivity index (χ1n) is 8.81. The summed E-state index contributed by atoms with van der Waals surface area (Å²) in [6.07, 6.45) is 0. The van der Waals surface area contributed by atoms with E-state index in [0.29, 0.717) is 41.6 Å². The van der Waals surface area contributed by atoms with E-state index in [1.165, 1.54) is 5.54 Å². The number of rotatable bonds is 6. The lowest BCUT2D eigenvalue weighted by molar-refractivity contribution is 0.0510. The van der Waals surface area contributed by atoms with E-state index in [0.717, 1.165) is 22.3 Å². The largest absolute Gasteiger partial charge is 0.461 e. The summed E-state index contributed by atoms with van der Waals surface area (Å²) in [5, 5.41) is 0. The summed E-state index contributed by atoms with van der Waals surface area (Å²) >= 11 is 6.15. The molecule has 0 aliphatic heterocycles. The van der Waals surface area contributed by atoms with Crippen LogP contribution in [-0.2, 0) is 9.47 Å². The van der Waals surface area contributed by atoms with Crippen LogP contribution < -0.4 is 0 Å². The van der Waals surface area contributed by atoms with Gasteiger partial charge in [0.05, 0.1) is 24.6 Å². The van der Waals surface area contributed by atoms with Crippen molar-refractivity contribution >= 4 is 29.1 Å². The van der Waals surface area contributed by atoms with Crippen molar-refractivity contribution in [2.75, 3.05) is 13.2 Å². The number of halogens is 1. The van der Waals surface area contributed by atoms with Gasteiger partial charge >= 0.3 is 11.9 Å². The van der Waals surface area contributed by atoms with Crippen LogP contribution in [-0.4, -0.2) is 35.1 Å². The van der Waals surface area contributed by atoms with Crippen LogP contribution in [0.15, 0.2) is 5.54 Å². The van der Waals surface area contributed by atoms with Crippen molar-refractivity contribution < 1.29 is 19.1 Å². The van der Waals surface area contributed by atoms with Gasteiger partial charge in [-0.25, -0.2) is 9.59 Å². The molecular weight excluding hydrogens is 368 g/mol. The molecule has 0 bridgehead atoms. The van der Waals surface area contributed by atoms with Gasteiger partial charge in [0.1, 0.15) is 11.4 Å². The molecule has 0 amide bonds. The van der Waals surface area contributed by atoms with Crippen LogP contribution >= 0.6 is 11.6 Å². The standard InChI is InChI=1S/C20H25ClN2O4/c1-7-26-19(24)17-12(5)10(3)15(22-17)14(9-21)16-11(4)13(6)18(23-16)20(25)27-8-2/h9,22-23H,7-8H2,1-6H3.